The molecule has 0 aromatic heterocycles. The Balaban J connectivity index is 2.73. The number of carboxylic acid groups (broad SMARTS) is 1. The molecule has 3 nitrogen and oxygen atoms in total. The Hall–Kier alpha value is -1.65. The Morgan fingerprint density at radius 1 is 1.21 bits per heavy atom. The van der Waals surface area contributed by atoms with Gasteiger partial charge in [-0.2, -0.15) is 0 Å². The fourth-order valence-corrected chi connectivity index (χ4v) is 2.98. The van der Waals surface area contributed by atoms with E-state index in [-0.39, 0.29) is 11.3 Å². The van der Waals surface area contributed by atoms with E-state index >= 15 is 0 Å². The molecule has 0 saturated heterocycles. The molecule has 1 aliphatic rings. The number of rotatable bonds is 3. The highest BCUT2D eigenvalue weighted by atomic mass is 19.1. The van der Waals surface area contributed by atoms with Gasteiger partial charge in [-0.05, 0) is 25.0 Å². The number of benzene rings is 1. The minimum Gasteiger partial charge on any atom is -0.481 e. The summed E-state index contributed by atoms with van der Waals surface area (Å²) in [5.74, 6) is -2.30. The lowest BCUT2D eigenvalue weighted by molar-refractivity contribution is -0.143. The summed E-state index contributed by atoms with van der Waals surface area (Å²) in [6, 6.07) is 2.05. The van der Waals surface area contributed by atoms with Crippen LogP contribution in [0.5, 0.6) is 0 Å². The van der Waals surface area contributed by atoms with E-state index < -0.39 is 23.0 Å². The van der Waals surface area contributed by atoms with Gasteiger partial charge in [-0.3, -0.25) is 4.79 Å². The fourth-order valence-electron chi connectivity index (χ4n) is 2.98. The molecule has 0 radical (unpaired) electrons. The third-order valence-electron chi connectivity index (χ3n) is 3.87. The minimum absolute atomic E-state index is 0.0116. The molecule has 1 aromatic carbocycles. The summed E-state index contributed by atoms with van der Waals surface area (Å²) in [6.07, 6.45) is 2.14. The SMILES string of the molecule is CN(C)c1c(F)ccc(F)c1C1(C(=O)O)CCCC1. The summed E-state index contributed by atoms with van der Waals surface area (Å²) in [5.41, 5.74) is -1.27. The van der Waals surface area contributed by atoms with Gasteiger partial charge in [0.25, 0.3) is 0 Å². The molecule has 5 heteroatoms. The van der Waals surface area contributed by atoms with E-state index in [2.05, 4.69) is 0 Å². The minimum atomic E-state index is -1.30. The predicted molar refractivity (Wildman–Crippen MR) is 68.5 cm³/mol. The number of hydrogen-bond acceptors (Lipinski definition) is 2. The van der Waals surface area contributed by atoms with Gasteiger partial charge in [0.15, 0.2) is 0 Å². The summed E-state index contributed by atoms with van der Waals surface area (Å²) in [5, 5.41) is 9.53. The van der Waals surface area contributed by atoms with Crippen LogP contribution in [-0.2, 0) is 10.2 Å². The highest BCUT2D eigenvalue weighted by Gasteiger charge is 2.47. The van der Waals surface area contributed by atoms with Crippen LogP contribution in [0.2, 0.25) is 0 Å². The lowest BCUT2D eigenvalue weighted by atomic mass is 9.77. The summed E-state index contributed by atoms with van der Waals surface area (Å²) in [7, 11) is 3.18. The van der Waals surface area contributed by atoms with Crippen molar-refractivity contribution < 1.29 is 18.7 Å². The first-order chi connectivity index (χ1) is 8.90. The molecule has 0 aliphatic heterocycles. The number of hydrogen-bond donors (Lipinski definition) is 1. The molecule has 0 atom stereocenters. The summed E-state index contributed by atoms with van der Waals surface area (Å²) in [4.78, 5) is 13.1. The van der Waals surface area contributed by atoms with E-state index in [4.69, 9.17) is 0 Å². The van der Waals surface area contributed by atoms with E-state index in [1.807, 2.05) is 0 Å². The van der Waals surface area contributed by atoms with Crippen LogP contribution in [0.1, 0.15) is 31.2 Å². The summed E-state index contributed by atoms with van der Waals surface area (Å²) in [6.45, 7) is 0. The van der Waals surface area contributed by atoms with Crippen molar-refractivity contribution in [1.82, 2.24) is 0 Å². The van der Waals surface area contributed by atoms with Crippen molar-refractivity contribution in [2.45, 2.75) is 31.1 Å². The van der Waals surface area contributed by atoms with Crippen molar-refractivity contribution in [3.05, 3.63) is 29.3 Å². The molecular formula is C14H17F2NO2. The van der Waals surface area contributed by atoms with E-state index in [0.29, 0.717) is 12.8 Å². The second-order valence-corrected chi connectivity index (χ2v) is 5.24. The lowest BCUT2D eigenvalue weighted by Gasteiger charge is -2.30. The van der Waals surface area contributed by atoms with Gasteiger partial charge in [-0.1, -0.05) is 12.8 Å². The first-order valence-electron chi connectivity index (χ1n) is 6.29. The van der Waals surface area contributed by atoms with Crippen molar-refractivity contribution in [3.63, 3.8) is 0 Å². The molecule has 1 saturated carbocycles. The van der Waals surface area contributed by atoms with Crippen molar-refractivity contribution in [3.8, 4) is 0 Å². The number of anilines is 1. The maximum atomic E-state index is 14.2. The largest absolute Gasteiger partial charge is 0.481 e. The van der Waals surface area contributed by atoms with Crippen molar-refractivity contribution in [1.29, 1.82) is 0 Å². The Kier molecular flexibility index (Phi) is 3.47. The zero-order valence-electron chi connectivity index (χ0n) is 11.0. The zero-order valence-corrected chi connectivity index (χ0v) is 11.0. The molecule has 1 fully saturated rings. The van der Waals surface area contributed by atoms with E-state index in [1.165, 1.54) is 4.90 Å². The first-order valence-corrected chi connectivity index (χ1v) is 6.29. The van der Waals surface area contributed by atoms with Gasteiger partial charge < -0.3 is 10.0 Å². The second kappa shape index (κ2) is 4.79. The molecule has 0 unspecified atom stereocenters. The van der Waals surface area contributed by atoms with Crippen molar-refractivity contribution in [2.75, 3.05) is 19.0 Å². The fraction of sp³-hybridized carbons (Fsp3) is 0.500. The highest BCUT2D eigenvalue weighted by molar-refractivity contribution is 5.85. The molecule has 1 N–H and O–H groups in total. The average Bonchev–Trinajstić information content (AvgIpc) is 2.81. The Morgan fingerprint density at radius 3 is 2.21 bits per heavy atom. The van der Waals surface area contributed by atoms with Gasteiger partial charge in [-0.25, -0.2) is 8.78 Å². The highest BCUT2D eigenvalue weighted by Crippen LogP contribution is 2.46. The molecule has 0 heterocycles. The van der Waals surface area contributed by atoms with E-state index in [1.54, 1.807) is 14.1 Å². The number of halogens is 2. The Morgan fingerprint density at radius 2 is 1.74 bits per heavy atom. The predicted octanol–water partition coefficient (Wildman–Crippen LogP) is 2.93. The number of nitrogens with zero attached hydrogens (tertiary/aromatic N) is 1. The zero-order chi connectivity index (χ0) is 14.2. The smallest absolute Gasteiger partial charge is 0.314 e. The van der Waals surface area contributed by atoms with Crippen LogP contribution in [0.3, 0.4) is 0 Å². The third-order valence-corrected chi connectivity index (χ3v) is 3.87. The summed E-state index contributed by atoms with van der Waals surface area (Å²) < 4.78 is 28.2. The van der Waals surface area contributed by atoms with Crippen LogP contribution >= 0.6 is 0 Å². The molecule has 19 heavy (non-hydrogen) atoms. The quantitative estimate of drug-likeness (QED) is 0.917. The van der Waals surface area contributed by atoms with Gasteiger partial charge >= 0.3 is 5.97 Å². The van der Waals surface area contributed by atoms with Crippen molar-refractivity contribution in [2.24, 2.45) is 0 Å². The maximum absolute atomic E-state index is 14.2. The number of aliphatic carboxylic acids is 1. The maximum Gasteiger partial charge on any atom is 0.314 e. The number of carbonyl (C=O) groups is 1. The average molecular weight is 269 g/mol. The molecule has 2 rings (SSSR count). The Labute approximate surface area is 110 Å². The van der Waals surface area contributed by atoms with Crippen LogP contribution in [0.4, 0.5) is 14.5 Å². The molecule has 1 aliphatic carbocycles. The molecule has 0 spiro atoms. The van der Waals surface area contributed by atoms with Gasteiger partial charge in [0, 0.05) is 19.7 Å². The van der Waals surface area contributed by atoms with Crippen LogP contribution in [-0.4, -0.2) is 25.2 Å². The van der Waals surface area contributed by atoms with E-state index in [0.717, 1.165) is 25.0 Å². The standard InChI is InChI=1S/C14H17F2NO2/c1-17(2)12-10(16)6-5-9(15)11(12)14(13(18)19)7-3-4-8-14/h5-6H,3-4,7-8H2,1-2H3,(H,18,19). The van der Waals surface area contributed by atoms with Gasteiger partial charge in [0.05, 0.1) is 11.1 Å². The Bertz CT molecular complexity index is 508. The second-order valence-electron chi connectivity index (χ2n) is 5.24. The van der Waals surface area contributed by atoms with Gasteiger partial charge in [0.1, 0.15) is 11.6 Å². The van der Waals surface area contributed by atoms with Crippen LogP contribution in [0.25, 0.3) is 0 Å². The van der Waals surface area contributed by atoms with Gasteiger partial charge in [0.2, 0.25) is 0 Å². The third kappa shape index (κ3) is 2.07. The molecular weight excluding hydrogens is 252 g/mol. The van der Waals surface area contributed by atoms with Gasteiger partial charge in [-0.15, -0.1) is 0 Å². The number of carboxylic acids is 1. The summed E-state index contributed by atoms with van der Waals surface area (Å²) >= 11 is 0. The molecule has 104 valence electrons. The van der Waals surface area contributed by atoms with Crippen LogP contribution < -0.4 is 4.90 Å². The van der Waals surface area contributed by atoms with E-state index in [9.17, 15) is 18.7 Å². The van der Waals surface area contributed by atoms with Crippen LogP contribution in [0, 0.1) is 11.6 Å². The monoisotopic (exact) mass is 269 g/mol. The topological polar surface area (TPSA) is 40.5 Å². The van der Waals surface area contributed by atoms with Crippen LogP contribution in [0.15, 0.2) is 12.1 Å². The molecule has 0 amide bonds. The molecule has 0 bridgehead atoms. The lowest BCUT2D eigenvalue weighted by Crippen LogP contribution is -2.36. The normalized spacial score (nSPS) is 17.5. The van der Waals surface area contributed by atoms with Crippen molar-refractivity contribution >= 4 is 11.7 Å². The first kappa shape index (κ1) is 13.8. The molecule has 1 aromatic rings.